The summed E-state index contributed by atoms with van der Waals surface area (Å²) in [7, 11) is 0. The lowest BCUT2D eigenvalue weighted by atomic mass is 9.96. The molecule has 0 aromatic rings. The van der Waals surface area contributed by atoms with Crippen molar-refractivity contribution in [1.29, 1.82) is 0 Å². The summed E-state index contributed by atoms with van der Waals surface area (Å²) in [4.78, 5) is 22.7. The molecule has 0 aromatic carbocycles. The smallest absolute Gasteiger partial charge is 0.407 e. The van der Waals surface area contributed by atoms with Crippen molar-refractivity contribution >= 4 is 12.2 Å². The molecule has 3 unspecified atom stereocenters. The van der Waals surface area contributed by atoms with Crippen molar-refractivity contribution in [3.63, 3.8) is 0 Å². The summed E-state index contributed by atoms with van der Waals surface area (Å²) in [5, 5.41) is 5.98. The summed E-state index contributed by atoms with van der Waals surface area (Å²) in [6.45, 7) is 8.96. The summed E-state index contributed by atoms with van der Waals surface area (Å²) in [6, 6.07) is -0.176. The van der Waals surface area contributed by atoms with Crippen LogP contribution >= 0.6 is 0 Å². The molecule has 4 N–H and O–H groups in total. The predicted molar refractivity (Wildman–Crippen MR) is 78.9 cm³/mol. The topological polar surface area (TPSA) is 103 Å². The summed E-state index contributed by atoms with van der Waals surface area (Å²) in [6.07, 6.45) is -0.123. The van der Waals surface area contributed by atoms with Crippen LogP contribution in [0.15, 0.2) is 0 Å². The maximum Gasteiger partial charge on any atom is 0.407 e. The van der Waals surface area contributed by atoms with Crippen LogP contribution in [0.5, 0.6) is 0 Å². The first-order valence-corrected chi connectivity index (χ1v) is 7.33. The van der Waals surface area contributed by atoms with Crippen LogP contribution < -0.4 is 16.4 Å². The van der Waals surface area contributed by atoms with E-state index >= 15 is 0 Å². The minimum Gasteiger partial charge on any atom is -0.446 e. The zero-order valence-corrected chi connectivity index (χ0v) is 13.3. The molecule has 0 aromatic heterocycles. The van der Waals surface area contributed by atoms with E-state index in [0.717, 1.165) is 19.5 Å². The molecule has 21 heavy (non-hydrogen) atoms. The molecule has 0 bridgehead atoms. The highest BCUT2D eigenvalue weighted by molar-refractivity contribution is 5.68. The normalized spacial score (nSPS) is 21.4. The van der Waals surface area contributed by atoms with Gasteiger partial charge in [0.25, 0.3) is 0 Å². The molecule has 7 heteroatoms. The monoisotopic (exact) mass is 301 g/mol. The van der Waals surface area contributed by atoms with Crippen LogP contribution in [0.4, 0.5) is 9.59 Å². The van der Waals surface area contributed by atoms with Gasteiger partial charge in [0.05, 0.1) is 0 Å². The number of hydrogen-bond acceptors (Lipinski definition) is 5. The summed E-state index contributed by atoms with van der Waals surface area (Å²) < 4.78 is 10.4. The highest BCUT2D eigenvalue weighted by Gasteiger charge is 2.29. The van der Waals surface area contributed by atoms with E-state index in [0.29, 0.717) is 6.42 Å². The molecular formula is C14H27N3O4. The Morgan fingerprint density at radius 2 is 2.10 bits per heavy atom. The fourth-order valence-corrected chi connectivity index (χ4v) is 2.40. The van der Waals surface area contributed by atoms with Gasteiger partial charge < -0.3 is 25.8 Å². The molecule has 0 aliphatic carbocycles. The number of nitrogens with one attached hydrogen (secondary N) is 2. The Morgan fingerprint density at radius 3 is 2.57 bits per heavy atom. The van der Waals surface area contributed by atoms with Gasteiger partial charge in [-0.25, -0.2) is 9.59 Å². The van der Waals surface area contributed by atoms with Crippen molar-refractivity contribution in [2.75, 3.05) is 13.1 Å². The molecular weight excluding hydrogens is 274 g/mol. The lowest BCUT2D eigenvalue weighted by molar-refractivity contribution is 0.0437. The van der Waals surface area contributed by atoms with Gasteiger partial charge in [0.1, 0.15) is 11.7 Å². The number of primary amides is 1. The molecule has 7 nitrogen and oxygen atoms in total. The Labute approximate surface area is 125 Å². The first-order chi connectivity index (χ1) is 9.67. The van der Waals surface area contributed by atoms with Gasteiger partial charge in [-0.05, 0) is 40.7 Å². The van der Waals surface area contributed by atoms with Crippen LogP contribution in [0.3, 0.4) is 0 Å². The van der Waals surface area contributed by atoms with E-state index in [1.807, 2.05) is 6.92 Å². The molecule has 3 atom stereocenters. The molecule has 2 amide bonds. The van der Waals surface area contributed by atoms with Gasteiger partial charge >= 0.3 is 12.2 Å². The first-order valence-electron chi connectivity index (χ1n) is 7.33. The maximum absolute atomic E-state index is 11.7. The third-order valence-electron chi connectivity index (χ3n) is 3.24. The van der Waals surface area contributed by atoms with E-state index in [1.54, 1.807) is 20.8 Å². The lowest BCUT2D eigenvalue weighted by Gasteiger charge is -2.27. The minimum absolute atomic E-state index is 0.176. The second-order valence-corrected chi connectivity index (χ2v) is 6.51. The minimum atomic E-state index is -0.781. The van der Waals surface area contributed by atoms with Gasteiger partial charge in [-0.3, -0.25) is 0 Å². The molecule has 122 valence electrons. The van der Waals surface area contributed by atoms with Crippen molar-refractivity contribution in [1.82, 2.24) is 10.6 Å². The maximum atomic E-state index is 11.7. The second kappa shape index (κ2) is 7.49. The van der Waals surface area contributed by atoms with Crippen LogP contribution in [0.2, 0.25) is 0 Å². The number of hydrogen-bond donors (Lipinski definition) is 3. The zero-order valence-electron chi connectivity index (χ0n) is 13.3. The number of alkyl carbamates (subject to hydrolysis) is 1. The van der Waals surface area contributed by atoms with Crippen molar-refractivity contribution in [2.45, 2.75) is 58.3 Å². The van der Waals surface area contributed by atoms with Crippen molar-refractivity contribution in [3.8, 4) is 0 Å². The van der Waals surface area contributed by atoms with Crippen LogP contribution in [-0.2, 0) is 9.47 Å². The average molecular weight is 301 g/mol. The van der Waals surface area contributed by atoms with E-state index in [9.17, 15) is 9.59 Å². The third-order valence-corrected chi connectivity index (χ3v) is 3.24. The van der Waals surface area contributed by atoms with Crippen LogP contribution in [0.1, 0.15) is 40.5 Å². The summed E-state index contributed by atoms with van der Waals surface area (Å²) >= 11 is 0. The van der Waals surface area contributed by atoms with Crippen LogP contribution in [0, 0.1) is 5.92 Å². The molecule has 0 spiro atoms. The van der Waals surface area contributed by atoms with E-state index in [1.165, 1.54) is 0 Å². The SMILES string of the molecule is CC(CC(OC(N)=O)C1CCNC1)NC(=O)OC(C)(C)C. The van der Waals surface area contributed by atoms with E-state index < -0.39 is 17.8 Å². The van der Waals surface area contributed by atoms with Crippen molar-refractivity contribution < 1.29 is 19.1 Å². The Balaban J connectivity index is 2.49. The van der Waals surface area contributed by atoms with Gasteiger partial charge in [-0.1, -0.05) is 0 Å². The fourth-order valence-electron chi connectivity index (χ4n) is 2.40. The van der Waals surface area contributed by atoms with Gasteiger partial charge in [0, 0.05) is 24.9 Å². The van der Waals surface area contributed by atoms with Gasteiger partial charge in [-0.2, -0.15) is 0 Å². The molecule has 1 rings (SSSR count). The zero-order chi connectivity index (χ0) is 16.0. The Morgan fingerprint density at radius 1 is 1.43 bits per heavy atom. The molecule has 1 fully saturated rings. The number of rotatable bonds is 5. The van der Waals surface area contributed by atoms with E-state index in [2.05, 4.69) is 10.6 Å². The van der Waals surface area contributed by atoms with E-state index in [4.69, 9.17) is 15.2 Å². The van der Waals surface area contributed by atoms with Crippen LogP contribution in [-0.4, -0.2) is 43.0 Å². The quantitative estimate of drug-likeness (QED) is 0.711. The molecule has 1 saturated heterocycles. The second-order valence-electron chi connectivity index (χ2n) is 6.51. The van der Waals surface area contributed by atoms with Gasteiger partial charge in [0.15, 0.2) is 0 Å². The van der Waals surface area contributed by atoms with Gasteiger partial charge in [-0.15, -0.1) is 0 Å². The summed E-state index contributed by atoms with van der Waals surface area (Å²) in [5.74, 6) is 0.223. The van der Waals surface area contributed by atoms with Crippen molar-refractivity contribution in [2.24, 2.45) is 11.7 Å². The number of carbonyl (C=O) groups is 2. The standard InChI is InChI=1S/C14H27N3O4/c1-9(17-13(19)21-14(2,3)4)7-11(20-12(15)18)10-5-6-16-8-10/h9-11,16H,5-8H2,1-4H3,(H2,15,18)(H,17,19). The number of amides is 2. The molecule has 0 saturated carbocycles. The summed E-state index contributed by atoms with van der Waals surface area (Å²) in [5.41, 5.74) is 4.59. The highest BCUT2D eigenvalue weighted by Crippen LogP contribution is 2.20. The van der Waals surface area contributed by atoms with Crippen LogP contribution in [0.25, 0.3) is 0 Å². The van der Waals surface area contributed by atoms with E-state index in [-0.39, 0.29) is 18.1 Å². The third kappa shape index (κ3) is 7.17. The molecule has 1 aliphatic rings. The number of nitrogens with two attached hydrogens (primary N) is 1. The first kappa shape index (κ1) is 17.6. The molecule has 1 aliphatic heterocycles. The number of ether oxygens (including phenoxy) is 2. The molecule has 0 radical (unpaired) electrons. The average Bonchev–Trinajstić information content (AvgIpc) is 2.76. The van der Waals surface area contributed by atoms with Gasteiger partial charge in [0.2, 0.25) is 0 Å². The Bertz CT molecular complexity index is 362. The fraction of sp³-hybridized carbons (Fsp3) is 0.857. The van der Waals surface area contributed by atoms with Crippen molar-refractivity contribution in [3.05, 3.63) is 0 Å². The highest BCUT2D eigenvalue weighted by atomic mass is 16.6. The Kier molecular flexibility index (Phi) is 6.26. The lowest BCUT2D eigenvalue weighted by Crippen LogP contribution is -2.42. The Hall–Kier alpha value is -1.50. The number of carbonyl (C=O) groups excluding carboxylic acids is 2. The predicted octanol–water partition coefficient (Wildman–Crippen LogP) is 1.36. The molecule has 1 heterocycles. The largest absolute Gasteiger partial charge is 0.446 e.